The monoisotopic (exact) mass is 226 g/mol. The van der Waals surface area contributed by atoms with E-state index in [4.69, 9.17) is 4.74 Å². The second-order valence-electron chi connectivity index (χ2n) is 4.27. The van der Waals surface area contributed by atoms with Crippen LogP contribution in [0.25, 0.3) is 0 Å². The quantitative estimate of drug-likeness (QED) is 0.760. The molecule has 0 aromatic heterocycles. The van der Waals surface area contributed by atoms with Gasteiger partial charge in [0.05, 0.1) is 6.10 Å². The highest BCUT2D eigenvalue weighted by Gasteiger charge is 2.24. The maximum Gasteiger partial charge on any atom is 0.200 e. The van der Waals surface area contributed by atoms with E-state index < -0.39 is 11.6 Å². The number of rotatable bonds is 3. The molecule has 1 aliphatic heterocycles. The van der Waals surface area contributed by atoms with Gasteiger partial charge in [0.15, 0.2) is 11.6 Å². The van der Waals surface area contributed by atoms with Crippen LogP contribution in [0.2, 0.25) is 0 Å². The third kappa shape index (κ3) is 2.18. The topological polar surface area (TPSA) is 9.23 Å². The van der Waals surface area contributed by atoms with Crippen molar-refractivity contribution < 1.29 is 13.5 Å². The summed E-state index contributed by atoms with van der Waals surface area (Å²) in [5.74, 6) is -1.53. The van der Waals surface area contributed by atoms with E-state index >= 15 is 0 Å². The predicted octanol–water partition coefficient (Wildman–Crippen LogP) is 3.85. The van der Waals surface area contributed by atoms with Gasteiger partial charge in [0.25, 0.3) is 0 Å². The zero-order chi connectivity index (χ0) is 11.5. The van der Waals surface area contributed by atoms with Crippen LogP contribution in [0, 0.1) is 11.6 Å². The third-order valence-electron chi connectivity index (χ3n) is 3.03. The van der Waals surface area contributed by atoms with Crippen LogP contribution in [0.5, 0.6) is 5.75 Å². The molecule has 1 aromatic rings. The summed E-state index contributed by atoms with van der Waals surface area (Å²) in [5, 5.41) is 0. The van der Waals surface area contributed by atoms with Crippen molar-refractivity contribution in [1.82, 2.24) is 0 Å². The molecule has 1 aromatic carbocycles. The van der Waals surface area contributed by atoms with Crippen LogP contribution >= 0.6 is 0 Å². The zero-order valence-corrected chi connectivity index (χ0v) is 9.43. The first-order chi connectivity index (χ1) is 7.72. The van der Waals surface area contributed by atoms with E-state index in [1.165, 1.54) is 6.07 Å². The maximum atomic E-state index is 13.5. The van der Waals surface area contributed by atoms with E-state index in [1.54, 1.807) is 6.07 Å². The Hall–Kier alpha value is -1.12. The Labute approximate surface area is 94.4 Å². The van der Waals surface area contributed by atoms with Gasteiger partial charge in [-0.1, -0.05) is 25.8 Å². The van der Waals surface area contributed by atoms with Crippen LogP contribution in [0.3, 0.4) is 0 Å². The molecule has 1 atom stereocenters. The smallest absolute Gasteiger partial charge is 0.200 e. The van der Waals surface area contributed by atoms with Crippen LogP contribution in [0.4, 0.5) is 8.78 Å². The largest absolute Gasteiger partial charge is 0.487 e. The summed E-state index contributed by atoms with van der Waals surface area (Å²) in [6, 6.07) is 2.79. The van der Waals surface area contributed by atoms with Crippen molar-refractivity contribution in [3.05, 3.63) is 29.3 Å². The van der Waals surface area contributed by atoms with Gasteiger partial charge in [-0.15, -0.1) is 0 Å². The fourth-order valence-corrected chi connectivity index (χ4v) is 2.07. The summed E-state index contributed by atoms with van der Waals surface area (Å²) >= 11 is 0. The molecule has 0 aliphatic carbocycles. The standard InChI is InChI=1S/C13H16F2O/c1-2-3-4-10-7-5-9-6-8-11(14)12(15)13(9)16-10/h6,8,10H,2-5,7H2,1H3. The fraction of sp³-hybridized carbons (Fsp3) is 0.538. The van der Waals surface area contributed by atoms with Crippen molar-refractivity contribution in [1.29, 1.82) is 0 Å². The number of unbranched alkanes of at least 4 members (excludes halogenated alkanes) is 1. The highest BCUT2D eigenvalue weighted by molar-refractivity contribution is 5.37. The lowest BCUT2D eigenvalue weighted by atomic mass is 9.99. The Morgan fingerprint density at radius 3 is 2.94 bits per heavy atom. The van der Waals surface area contributed by atoms with Gasteiger partial charge in [0.2, 0.25) is 5.82 Å². The number of aryl methyl sites for hydroxylation is 1. The van der Waals surface area contributed by atoms with Crippen LogP contribution in [0.15, 0.2) is 12.1 Å². The van der Waals surface area contributed by atoms with Crippen molar-refractivity contribution >= 4 is 0 Å². The molecular formula is C13H16F2O. The lowest BCUT2D eigenvalue weighted by Crippen LogP contribution is -2.23. The molecule has 0 bridgehead atoms. The first-order valence-electron chi connectivity index (χ1n) is 5.86. The Bertz CT molecular complexity index is 376. The summed E-state index contributed by atoms with van der Waals surface area (Å²) in [7, 11) is 0. The molecule has 88 valence electrons. The minimum absolute atomic E-state index is 0.0451. The van der Waals surface area contributed by atoms with Gasteiger partial charge >= 0.3 is 0 Å². The van der Waals surface area contributed by atoms with Crippen molar-refractivity contribution in [3.8, 4) is 5.75 Å². The van der Waals surface area contributed by atoms with Gasteiger partial charge in [0.1, 0.15) is 0 Å². The van der Waals surface area contributed by atoms with Crippen LogP contribution in [0.1, 0.15) is 38.2 Å². The normalized spacial score (nSPS) is 19.1. The van der Waals surface area contributed by atoms with E-state index in [0.717, 1.165) is 37.7 Å². The van der Waals surface area contributed by atoms with Crippen LogP contribution < -0.4 is 4.74 Å². The maximum absolute atomic E-state index is 13.5. The van der Waals surface area contributed by atoms with Crippen molar-refractivity contribution in [2.45, 2.75) is 45.1 Å². The van der Waals surface area contributed by atoms with Gasteiger partial charge in [-0.05, 0) is 30.9 Å². The average Bonchev–Trinajstić information content (AvgIpc) is 2.31. The molecule has 0 saturated heterocycles. The van der Waals surface area contributed by atoms with Crippen LogP contribution in [-0.2, 0) is 6.42 Å². The minimum atomic E-state index is -0.835. The molecule has 16 heavy (non-hydrogen) atoms. The summed E-state index contributed by atoms with van der Waals surface area (Å²) in [5.41, 5.74) is 0.784. The van der Waals surface area contributed by atoms with Crippen molar-refractivity contribution in [2.24, 2.45) is 0 Å². The Morgan fingerprint density at radius 1 is 1.38 bits per heavy atom. The molecule has 0 radical (unpaired) electrons. The van der Waals surface area contributed by atoms with Gasteiger partial charge < -0.3 is 4.74 Å². The fourth-order valence-electron chi connectivity index (χ4n) is 2.07. The first-order valence-corrected chi connectivity index (χ1v) is 5.86. The number of hydrogen-bond donors (Lipinski definition) is 0. The van der Waals surface area contributed by atoms with Gasteiger partial charge in [0, 0.05) is 0 Å². The summed E-state index contributed by atoms with van der Waals surface area (Å²) < 4.78 is 32.0. The second kappa shape index (κ2) is 4.81. The number of fused-ring (bicyclic) bond motifs is 1. The number of halogens is 2. The van der Waals surface area contributed by atoms with Crippen LogP contribution in [-0.4, -0.2) is 6.10 Å². The highest BCUT2D eigenvalue weighted by Crippen LogP contribution is 2.32. The Kier molecular flexibility index (Phi) is 3.42. The molecule has 1 heterocycles. The van der Waals surface area contributed by atoms with Crippen molar-refractivity contribution in [2.75, 3.05) is 0 Å². The number of benzene rings is 1. The molecule has 0 N–H and O–H groups in total. The van der Waals surface area contributed by atoms with E-state index in [0.29, 0.717) is 0 Å². The van der Waals surface area contributed by atoms with E-state index in [2.05, 4.69) is 6.92 Å². The molecule has 2 rings (SSSR count). The molecule has 0 amide bonds. The molecular weight excluding hydrogens is 210 g/mol. The molecule has 3 heteroatoms. The second-order valence-corrected chi connectivity index (χ2v) is 4.27. The molecule has 0 spiro atoms. The predicted molar refractivity (Wildman–Crippen MR) is 58.6 cm³/mol. The SMILES string of the molecule is CCCCC1CCc2ccc(F)c(F)c2O1. The number of ether oxygens (including phenoxy) is 1. The van der Waals surface area contributed by atoms with E-state index in [9.17, 15) is 8.78 Å². The molecule has 1 unspecified atom stereocenters. The lowest BCUT2D eigenvalue weighted by molar-refractivity contribution is 0.151. The minimum Gasteiger partial charge on any atom is -0.487 e. The first kappa shape index (κ1) is 11.4. The van der Waals surface area contributed by atoms with E-state index in [-0.39, 0.29) is 11.9 Å². The summed E-state index contributed by atoms with van der Waals surface area (Å²) in [6.07, 6.45) is 4.81. The molecule has 1 nitrogen and oxygen atoms in total. The van der Waals surface area contributed by atoms with Gasteiger partial charge in [-0.3, -0.25) is 0 Å². The molecule has 0 saturated carbocycles. The Balaban J connectivity index is 2.15. The number of hydrogen-bond acceptors (Lipinski definition) is 1. The lowest BCUT2D eigenvalue weighted by Gasteiger charge is -2.26. The van der Waals surface area contributed by atoms with Crippen molar-refractivity contribution in [3.63, 3.8) is 0 Å². The molecule has 0 fully saturated rings. The molecule has 1 aliphatic rings. The summed E-state index contributed by atoms with van der Waals surface area (Å²) in [6.45, 7) is 2.11. The third-order valence-corrected chi connectivity index (χ3v) is 3.03. The highest BCUT2D eigenvalue weighted by atomic mass is 19.2. The average molecular weight is 226 g/mol. The summed E-state index contributed by atoms with van der Waals surface area (Å²) in [4.78, 5) is 0. The van der Waals surface area contributed by atoms with E-state index in [1.807, 2.05) is 0 Å². The Morgan fingerprint density at radius 2 is 2.19 bits per heavy atom. The van der Waals surface area contributed by atoms with Gasteiger partial charge in [-0.2, -0.15) is 4.39 Å². The zero-order valence-electron chi connectivity index (χ0n) is 9.43. The van der Waals surface area contributed by atoms with Gasteiger partial charge in [-0.25, -0.2) is 4.39 Å².